The lowest BCUT2D eigenvalue weighted by Crippen LogP contribution is -2.42. The number of nitrogen functional groups attached to an aromatic ring is 2. The van der Waals surface area contributed by atoms with Gasteiger partial charge in [0.15, 0.2) is 22.6 Å². The number of hydrogen-bond acceptors (Lipinski definition) is 16. The third-order valence-electron chi connectivity index (χ3n) is 11.3. The summed E-state index contributed by atoms with van der Waals surface area (Å²) in [4.78, 5) is 58.2. The number of anilines is 2. The molecule has 4 aliphatic carbocycles. The van der Waals surface area contributed by atoms with E-state index in [0.717, 1.165) is 0 Å². The van der Waals surface area contributed by atoms with Gasteiger partial charge in [-0.25, -0.2) is 24.5 Å². The van der Waals surface area contributed by atoms with Crippen molar-refractivity contribution < 1.29 is 42.7 Å². The van der Waals surface area contributed by atoms with Crippen molar-refractivity contribution in [2.45, 2.75) is 48.3 Å². The summed E-state index contributed by atoms with van der Waals surface area (Å²) < 4.78 is 40.3. The van der Waals surface area contributed by atoms with Crippen LogP contribution in [0.25, 0.3) is 22.3 Å². The zero-order valence-electron chi connectivity index (χ0n) is 25.2. The van der Waals surface area contributed by atoms with Gasteiger partial charge in [0.25, 0.3) is 5.56 Å². The van der Waals surface area contributed by atoms with Gasteiger partial charge in [-0.1, -0.05) is 6.08 Å². The maximum absolute atomic E-state index is 13.8. The third kappa shape index (κ3) is 4.08. The largest absolute Gasteiger partial charge is 0.472 e. The molecular weight excluding hydrogens is 706 g/mol. The van der Waals surface area contributed by atoms with Crippen LogP contribution in [0.2, 0.25) is 0 Å². The molecule has 0 radical (unpaired) electrons. The first-order chi connectivity index (χ1) is 23.2. The van der Waals surface area contributed by atoms with Crippen molar-refractivity contribution in [2.75, 3.05) is 24.7 Å². The lowest BCUT2D eigenvalue weighted by atomic mass is 9.91. The van der Waals surface area contributed by atoms with Gasteiger partial charge < -0.3 is 49.6 Å². The van der Waals surface area contributed by atoms with Crippen molar-refractivity contribution in [1.82, 2.24) is 39.0 Å². The summed E-state index contributed by atoms with van der Waals surface area (Å²) in [6.07, 6.45) is 1.96. The van der Waals surface area contributed by atoms with E-state index in [0.29, 0.717) is 17.6 Å². The zero-order valence-corrected chi connectivity index (χ0v) is 27.8. The van der Waals surface area contributed by atoms with Gasteiger partial charge in [0.05, 0.1) is 42.9 Å². The number of H-pyrrole nitrogens is 1. The average Bonchev–Trinajstić information content (AvgIpc) is 3.51. The van der Waals surface area contributed by atoms with Gasteiger partial charge in [0, 0.05) is 11.8 Å². The molecule has 5 aliphatic rings. The highest BCUT2D eigenvalue weighted by molar-refractivity contribution is 8.07. The second-order valence-corrected chi connectivity index (χ2v) is 17.4. The Bertz CT molecular complexity index is 2250. The Morgan fingerprint density at radius 2 is 1.88 bits per heavy atom. The fourth-order valence-electron chi connectivity index (χ4n) is 8.99. The van der Waals surface area contributed by atoms with Crippen LogP contribution in [0, 0.1) is 23.2 Å². The first kappa shape index (κ1) is 31.8. The molecule has 4 aromatic rings. The van der Waals surface area contributed by atoms with E-state index in [2.05, 4.69) is 36.5 Å². The van der Waals surface area contributed by atoms with Crippen LogP contribution in [-0.4, -0.2) is 96.2 Å². The van der Waals surface area contributed by atoms with Crippen molar-refractivity contribution >= 4 is 60.4 Å². The van der Waals surface area contributed by atoms with Gasteiger partial charge in [0.2, 0.25) is 5.95 Å². The Hall–Kier alpha value is -3.20. The topological polar surface area (TPSA) is 294 Å². The van der Waals surface area contributed by atoms with E-state index in [1.807, 2.05) is 0 Å². The molecule has 9 rings (SSSR count). The Morgan fingerprint density at radius 3 is 2.65 bits per heavy atom. The molecule has 1 saturated heterocycles. The normalized spacial score (nSPS) is 44.4. The predicted octanol–water partition coefficient (Wildman–Crippen LogP) is -0.558. The number of phosphoric acid groups is 1. The van der Waals surface area contributed by atoms with E-state index in [-0.39, 0.29) is 29.4 Å². The molecule has 2 unspecified atom stereocenters. The summed E-state index contributed by atoms with van der Waals surface area (Å²) in [6.45, 7) is -1.11. The van der Waals surface area contributed by atoms with Crippen molar-refractivity contribution in [3.63, 3.8) is 0 Å². The number of nitrogens with two attached hydrogens (primary N) is 2. The Kier molecular flexibility index (Phi) is 6.47. The quantitative estimate of drug-likeness (QED) is 0.102. The molecule has 20 nitrogen and oxygen atoms in total. The maximum Gasteiger partial charge on any atom is 0.472 e. The first-order valence-corrected chi connectivity index (χ1v) is 19.3. The minimum Gasteiger partial charge on any atom is -0.388 e. The molecule has 23 heteroatoms. The SMILES string of the molecule is C=C[C@@]12COP(O)(=S)O[C@@H]3[C@@H](COP(=O)(O)O[C@]14[C@@H](O)[C@H](n1cnc5c(=O)[nH]c(N)nc51)C[C@@H]42)[C@@H]1C[C@]1(n1cnc2c(N)ncnc21)[C@@H]3O. The predicted molar refractivity (Wildman–Crippen MR) is 171 cm³/mol. The highest BCUT2D eigenvalue weighted by Crippen LogP contribution is 2.79. The number of hydrogen-bond donors (Lipinski definition) is 7. The molecular formula is C26H30N10O10P2S. The van der Waals surface area contributed by atoms with Gasteiger partial charge in [-0.3, -0.25) is 18.8 Å². The molecule has 5 fully saturated rings. The summed E-state index contributed by atoms with van der Waals surface area (Å²) in [5.41, 5.74) is 7.75. The Labute approximate surface area is 280 Å². The molecule has 5 heterocycles. The average molecular weight is 737 g/mol. The highest BCUT2D eigenvalue weighted by Gasteiger charge is 2.86. The van der Waals surface area contributed by atoms with Gasteiger partial charge in [0.1, 0.15) is 35.8 Å². The monoisotopic (exact) mass is 736 g/mol. The second-order valence-electron chi connectivity index (χ2n) is 13.2. The van der Waals surface area contributed by atoms with Gasteiger partial charge in [-0.2, -0.15) is 4.98 Å². The number of imidazole rings is 2. The van der Waals surface area contributed by atoms with E-state index >= 15 is 0 Å². The van der Waals surface area contributed by atoms with Crippen LogP contribution in [0.15, 0.2) is 36.4 Å². The Balaban J connectivity index is 1.07. The molecule has 0 amide bonds. The molecule has 0 aromatic carbocycles. The first-order valence-electron chi connectivity index (χ1n) is 15.2. The number of aliphatic hydroxyl groups excluding tert-OH is 2. The van der Waals surface area contributed by atoms with Crippen molar-refractivity contribution in [3.05, 3.63) is 42.0 Å². The number of nitrogens with zero attached hydrogens (tertiary/aromatic N) is 7. The molecule has 49 heavy (non-hydrogen) atoms. The fourth-order valence-corrected chi connectivity index (χ4v) is 11.7. The van der Waals surface area contributed by atoms with Crippen molar-refractivity contribution in [2.24, 2.45) is 23.2 Å². The number of aromatic nitrogens is 8. The number of aliphatic hydroxyl groups is 2. The number of phosphoric ester groups is 1. The fraction of sp³-hybridized carbons (Fsp3) is 0.538. The lowest BCUT2D eigenvalue weighted by molar-refractivity contribution is -0.0582. The van der Waals surface area contributed by atoms with Crippen LogP contribution in [-0.2, 0) is 40.0 Å². The second kappa shape index (κ2) is 9.98. The van der Waals surface area contributed by atoms with Crippen LogP contribution in [0.4, 0.5) is 11.8 Å². The van der Waals surface area contributed by atoms with Gasteiger partial charge in [-0.05, 0) is 30.6 Å². The molecule has 12 atom stereocenters. The van der Waals surface area contributed by atoms with Crippen LogP contribution in [0.1, 0.15) is 18.9 Å². The molecule has 1 aliphatic heterocycles. The van der Waals surface area contributed by atoms with E-state index in [4.69, 9.17) is 41.4 Å². The zero-order chi connectivity index (χ0) is 34.5. The van der Waals surface area contributed by atoms with E-state index in [9.17, 15) is 29.4 Å². The van der Waals surface area contributed by atoms with E-state index in [1.54, 1.807) is 4.57 Å². The van der Waals surface area contributed by atoms with Gasteiger partial charge >= 0.3 is 14.5 Å². The van der Waals surface area contributed by atoms with Crippen molar-refractivity contribution in [1.29, 1.82) is 0 Å². The number of aromatic amines is 1. The summed E-state index contributed by atoms with van der Waals surface area (Å²) in [6, 6.07) is -0.845. The molecule has 260 valence electrons. The maximum atomic E-state index is 13.8. The standard InChI is InChI=1S/C26H30N10O10P2S/c1-2-24-6-44-48(42,49)45-16-10(11-4-25(11,18(16)38)36-9-32-14-19(27)29-7-30-20(14)36)5-43-47(40,41)46-26(24)13(24)3-12(17(26)37)35-8-31-15-21(35)33-23(28)34-22(15)39/h2,7-13,16-18,37-38H,1,3-6H2,(H,40,41)(H,42,49)(H2,27,29,30)(H3,28,33,34,39)/t10-,11-,12+,13+,16+,17-,18+,24-,25+,26+,48?/m0/s1. The molecule has 4 aromatic heterocycles. The van der Waals surface area contributed by atoms with Gasteiger partial charge in [-0.15, -0.1) is 6.58 Å². The smallest absolute Gasteiger partial charge is 0.388 e. The lowest BCUT2D eigenvalue weighted by Gasteiger charge is -2.35. The molecule has 9 N–H and O–H groups in total. The molecule has 0 bridgehead atoms. The summed E-state index contributed by atoms with van der Waals surface area (Å²) in [5.74, 6) is -1.91. The minimum absolute atomic E-state index is 0.0178. The van der Waals surface area contributed by atoms with E-state index < -0.39 is 92.0 Å². The van der Waals surface area contributed by atoms with E-state index in [1.165, 1.54) is 29.6 Å². The summed E-state index contributed by atoms with van der Waals surface area (Å²) in [5, 5.41) is 23.7. The molecule has 1 spiro atoms. The third-order valence-corrected chi connectivity index (χ3v) is 13.8. The number of fused-ring (bicyclic) bond motifs is 6. The van der Waals surface area contributed by atoms with Crippen LogP contribution < -0.4 is 17.0 Å². The highest BCUT2D eigenvalue weighted by atomic mass is 32.5. The van der Waals surface area contributed by atoms with Crippen molar-refractivity contribution in [3.8, 4) is 0 Å². The number of nitrogens with one attached hydrogen (secondary N) is 1. The number of rotatable bonds is 3. The van der Waals surface area contributed by atoms with Crippen LogP contribution in [0.5, 0.6) is 0 Å². The van der Waals surface area contributed by atoms with Crippen LogP contribution >= 0.6 is 14.5 Å². The van der Waals surface area contributed by atoms with Crippen LogP contribution in [0.3, 0.4) is 0 Å². The molecule has 4 saturated carbocycles. The summed E-state index contributed by atoms with van der Waals surface area (Å²) >= 11 is 5.43. The Morgan fingerprint density at radius 1 is 1.10 bits per heavy atom. The minimum atomic E-state index is -4.98. The summed E-state index contributed by atoms with van der Waals surface area (Å²) in [7, 11) is -4.98.